The lowest BCUT2D eigenvalue weighted by atomic mass is 10.0. The van der Waals surface area contributed by atoms with Gasteiger partial charge in [-0.25, -0.2) is 0 Å². The van der Waals surface area contributed by atoms with E-state index in [4.69, 9.17) is 9.15 Å². The molecule has 1 aromatic heterocycles. The summed E-state index contributed by atoms with van der Waals surface area (Å²) in [5.41, 5.74) is 1.18. The predicted octanol–water partition coefficient (Wildman–Crippen LogP) is 4.76. The van der Waals surface area contributed by atoms with E-state index in [-0.39, 0.29) is 0 Å². The Labute approximate surface area is 130 Å². The van der Waals surface area contributed by atoms with Crippen molar-refractivity contribution in [1.82, 2.24) is 5.32 Å². The van der Waals surface area contributed by atoms with Crippen molar-refractivity contribution in [2.24, 2.45) is 11.8 Å². The molecule has 0 aromatic carbocycles. The second-order valence-corrected chi connectivity index (χ2v) is 6.33. The second kappa shape index (κ2) is 10.9. The summed E-state index contributed by atoms with van der Waals surface area (Å²) in [5.74, 6) is 2.36. The van der Waals surface area contributed by atoms with Gasteiger partial charge < -0.3 is 14.5 Å². The molecule has 0 aliphatic heterocycles. The Bertz CT molecular complexity index is 360. The highest BCUT2D eigenvalue weighted by Gasteiger charge is 2.09. The van der Waals surface area contributed by atoms with Gasteiger partial charge in [-0.05, 0) is 30.9 Å². The standard InChI is InChI=1S/C18H33NO2/c1-5-7-8-16(6-2)13-20-14-17-9-10-21-18(17)12-19-11-15(3)4/h9-10,15-16,19H,5-8,11-14H2,1-4H3. The zero-order valence-electron chi connectivity index (χ0n) is 14.3. The van der Waals surface area contributed by atoms with Crippen LogP contribution in [0.15, 0.2) is 16.7 Å². The minimum atomic E-state index is 0.656. The summed E-state index contributed by atoms with van der Waals surface area (Å²) in [5, 5.41) is 3.42. The maximum atomic E-state index is 5.91. The number of hydrogen-bond acceptors (Lipinski definition) is 3. The highest BCUT2D eigenvalue weighted by molar-refractivity contribution is 5.15. The van der Waals surface area contributed by atoms with E-state index in [0.717, 1.165) is 25.5 Å². The number of unbranched alkanes of at least 4 members (excludes halogenated alkanes) is 1. The fraction of sp³-hybridized carbons (Fsp3) is 0.778. The van der Waals surface area contributed by atoms with Crippen LogP contribution in [0.4, 0.5) is 0 Å². The lowest BCUT2D eigenvalue weighted by Crippen LogP contribution is -2.19. The molecule has 0 spiro atoms. The number of furan rings is 1. The SMILES string of the molecule is CCCCC(CC)COCc1ccoc1CNCC(C)C. The van der Waals surface area contributed by atoms with Gasteiger partial charge in [0.1, 0.15) is 5.76 Å². The number of hydrogen-bond donors (Lipinski definition) is 1. The minimum Gasteiger partial charge on any atom is -0.468 e. The van der Waals surface area contributed by atoms with Gasteiger partial charge >= 0.3 is 0 Å². The number of rotatable bonds is 12. The Morgan fingerprint density at radius 1 is 1.29 bits per heavy atom. The molecule has 0 bridgehead atoms. The van der Waals surface area contributed by atoms with Crippen LogP contribution in [0.3, 0.4) is 0 Å². The van der Waals surface area contributed by atoms with E-state index in [1.54, 1.807) is 6.26 Å². The molecule has 1 N–H and O–H groups in total. The fourth-order valence-electron chi connectivity index (χ4n) is 2.36. The van der Waals surface area contributed by atoms with Crippen molar-refractivity contribution >= 4 is 0 Å². The molecule has 0 radical (unpaired) electrons. The summed E-state index contributed by atoms with van der Waals surface area (Å²) < 4.78 is 11.5. The van der Waals surface area contributed by atoms with Gasteiger partial charge in [-0.15, -0.1) is 0 Å². The second-order valence-electron chi connectivity index (χ2n) is 6.33. The molecular weight excluding hydrogens is 262 g/mol. The van der Waals surface area contributed by atoms with E-state index in [0.29, 0.717) is 18.4 Å². The largest absolute Gasteiger partial charge is 0.468 e. The highest BCUT2D eigenvalue weighted by Crippen LogP contribution is 2.16. The molecule has 1 heterocycles. The number of nitrogens with one attached hydrogen (secondary N) is 1. The van der Waals surface area contributed by atoms with Crippen LogP contribution in [-0.4, -0.2) is 13.2 Å². The van der Waals surface area contributed by atoms with Crippen molar-refractivity contribution in [3.8, 4) is 0 Å². The summed E-state index contributed by atoms with van der Waals surface area (Å²) >= 11 is 0. The molecule has 0 saturated carbocycles. The average molecular weight is 295 g/mol. The monoisotopic (exact) mass is 295 g/mol. The molecule has 1 atom stereocenters. The van der Waals surface area contributed by atoms with Gasteiger partial charge in [0.05, 0.1) is 19.4 Å². The summed E-state index contributed by atoms with van der Waals surface area (Å²) in [6.07, 6.45) is 6.82. The van der Waals surface area contributed by atoms with E-state index >= 15 is 0 Å². The van der Waals surface area contributed by atoms with E-state index in [9.17, 15) is 0 Å². The minimum absolute atomic E-state index is 0.656. The van der Waals surface area contributed by atoms with Crippen molar-refractivity contribution in [1.29, 1.82) is 0 Å². The van der Waals surface area contributed by atoms with Gasteiger partial charge in [-0.1, -0.05) is 47.0 Å². The lowest BCUT2D eigenvalue weighted by Gasteiger charge is -2.14. The molecule has 0 aliphatic rings. The van der Waals surface area contributed by atoms with Gasteiger partial charge in [0.2, 0.25) is 0 Å². The van der Waals surface area contributed by atoms with Crippen LogP contribution < -0.4 is 5.32 Å². The Morgan fingerprint density at radius 3 is 2.76 bits per heavy atom. The van der Waals surface area contributed by atoms with Crippen molar-refractivity contribution in [3.05, 3.63) is 23.7 Å². The summed E-state index contributed by atoms with van der Waals surface area (Å²) in [7, 11) is 0. The third-order valence-electron chi connectivity index (χ3n) is 3.83. The quantitative estimate of drug-likeness (QED) is 0.604. The smallest absolute Gasteiger partial charge is 0.123 e. The maximum absolute atomic E-state index is 5.91. The van der Waals surface area contributed by atoms with E-state index < -0.39 is 0 Å². The Morgan fingerprint density at radius 2 is 2.10 bits per heavy atom. The zero-order valence-corrected chi connectivity index (χ0v) is 14.3. The average Bonchev–Trinajstić information content (AvgIpc) is 2.90. The molecule has 1 unspecified atom stereocenters. The Kier molecular flexibility index (Phi) is 9.44. The first-order chi connectivity index (χ1) is 10.2. The van der Waals surface area contributed by atoms with E-state index in [1.807, 2.05) is 6.07 Å². The molecule has 122 valence electrons. The maximum Gasteiger partial charge on any atom is 0.123 e. The topological polar surface area (TPSA) is 34.4 Å². The lowest BCUT2D eigenvalue weighted by molar-refractivity contribution is 0.0810. The van der Waals surface area contributed by atoms with Crippen molar-refractivity contribution in [3.63, 3.8) is 0 Å². The van der Waals surface area contributed by atoms with Crippen LogP contribution in [0.25, 0.3) is 0 Å². The summed E-state index contributed by atoms with van der Waals surface area (Å²) in [6.45, 7) is 12.2. The molecule has 0 saturated heterocycles. The molecule has 1 aromatic rings. The van der Waals surface area contributed by atoms with Gasteiger partial charge in [-0.3, -0.25) is 0 Å². The van der Waals surface area contributed by atoms with Gasteiger partial charge in [0, 0.05) is 12.2 Å². The molecule has 0 amide bonds. The van der Waals surface area contributed by atoms with Crippen molar-refractivity contribution in [2.75, 3.05) is 13.2 Å². The van der Waals surface area contributed by atoms with Crippen molar-refractivity contribution in [2.45, 2.75) is 66.5 Å². The first-order valence-electron chi connectivity index (χ1n) is 8.51. The van der Waals surface area contributed by atoms with Crippen LogP contribution in [0.5, 0.6) is 0 Å². The molecule has 0 aliphatic carbocycles. The Hall–Kier alpha value is -0.800. The normalized spacial score (nSPS) is 13.0. The van der Waals surface area contributed by atoms with Gasteiger partial charge in [0.25, 0.3) is 0 Å². The summed E-state index contributed by atoms with van der Waals surface area (Å²) in [4.78, 5) is 0. The van der Waals surface area contributed by atoms with Gasteiger partial charge in [-0.2, -0.15) is 0 Å². The molecule has 1 rings (SSSR count). The third-order valence-corrected chi connectivity index (χ3v) is 3.83. The van der Waals surface area contributed by atoms with Crippen LogP contribution in [0.1, 0.15) is 64.7 Å². The zero-order chi connectivity index (χ0) is 15.5. The fourth-order valence-corrected chi connectivity index (χ4v) is 2.36. The van der Waals surface area contributed by atoms with Crippen LogP contribution in [-0.2, 0) is 17.9 Å². The third kappa shape index (κ3) is 7.68. The van der Waals surface area contributed by atoms with E-state index in [2.05, 4.69) is 33.0 Å². The molecule has 3 nitrogen and oxygen atoms in total. The molecule has 3 heteroatoms. The number of ether oxygens (including phenoxy) is 1. The highest BCUT2D eigenvalue weighted by atomic mass is 16.5. The van der Waals surface area contributed by atoms with E-state index in [1.165, 1.54) is 31.2 Å². The molecule has 21 heavy (non-hydrogen) atoms. The van der Waals surface area contributed by atoms with Gasteiger partial charge in [0.15, 0.2) is 0 Å². The molecule has 0 fully saturated rings. The van der Waals surface area contributed by atoms with Crippen LogP contribution in [0.2, 0.25) is 0 Å². The Balaban J connectivity index is 2.29. The first-order valence-corrected chi connectivity index (χ1v) is 8.51. The summed E-state index contributed by atoms with van der Waals surface area (Å²) in [6, 6.07) is 2.03. The molecular formula is C18H33NO2. The van der Waals surface area contributed by atoms with Crippen LogP contribution in [0, 0.1) is 11.8 Å². The van der Waals surface area contributed by atoms with Crippen molar-refractivity contribution < 1.29 is 9.15 Å². The first kappa shape index (κ1) is 18.2. The van der Waals surface area contributed by atoms with Crippen LogP contribution >= 0.6 is 0 Å². The predicted molar refractivity (Wildman–Crippen MR) is 88.2 cm³/mol.